The number of carbonyl (C=O) groups is 2. The molecule has 7 rings (SSSR count). The summed E-state index contributed by atoms with van der Waals surface area (Å²) < 4.78 is 12.8. The lowest BCUT2D eigenvalue weighted by molar-refractivity contribution is -0.121. The van der Waals surface area contributed by atoms with Crippen LogP contribution in [-0.2, 0) is 16.1 Å². The summed E-state index contributed by atoms with van der Waals surface area (Å²) in [6, 6.07) is 25.5. The number of hydrogen-bond donors (Lipinski definition) is 3. The Balaban J connectivity index is 1.04. The van der Waals surface area contributed by atoms with Crippen LogP contribution in [-0.4, -0.2) is 64.6 Å². The van der Waals surface area contributed by atoms with Gasteiger partial charge in [0.05, 0.1) is 31.5 Å². The van der Waals surface area contributed by atoms with Crippen molar-refractivity contribution in [2.75, 3.05) is 20.2 Å². The number of halogens is 1. The minimum Gasteiger partial charge on any atom is -0.497 e. The third-order valence-electron chi connectivity index (χ3n) is 8.63. The summed E-state index contributed by atoms with van der Waals surface area (Å²) in [5.74, 6) is 1.35. The van der Waals surface area contributed by atoms with Crippen LogP contribution in [0.25, 0.3) is 16.8 Å². The quantitative estimate of drug-likeness (QED) is 0.159. The number of benzene rings is 4. The molecule has 1 atom stereocenters. The van der Waals surface area contributed by atoms with Crippen LogP contribution in [0.15, 0.2) is 89.9 Å². The second kappa shape index (κ2) is 13.7. The zero-order chi connectivity index (χ0) is 34.1. The van der Waals surface area contributed by atoms with Crippen LogP contribution >= 0.6 is 11.6 Å². The third-order valence-corrected chi connectivity index (χ3v) is 8.88. The molecule has 13 heteroatoms. The summed E-state index contributed by atoms with van der Waals surface area (Å²) in [4.78, 5) is 31.4. The van der Waals surface area contributed by atoms with Gasteiger partial charge in [0.1, 0.15) is 17.6 Å². The van der Waals surface area contributed by atoms with E-state index in [-0.39, 0.29) is 31.3 Å². The molecule has 0 radical (unpaired) electrons. The van der Waals surface area contributed by atoms with E-state index >= 15 is 0 Å². The fraction of sp³-hybridized carbons (Fsp3) is 0.194. The van der Waals surface area contributed by atoms with Crippen molar-refractivity contribution < 1.29 is 24.0 Å². The molecular formula is C36H32BClN6O5. The number of methoxy groups -OCH3 is 1. The van der Waals surface area contributed by atoms with Gasteiger partial charge in [-0.25, -0.2) is 0 Å². The van der Waals surface area contributed by atoms with Crippen LogP contribution in [0, 0.1) is 6.92 Å². The van der Waals surface area contributed by atoms with Crippen LogP contribution in [0.3, 0.4) is 0 Å². The average Bonchev–Trinajstić information content (AvgIpc) is 3.66. The van der Waals surface area contributed by atoms with Crippen molar-refractivity contribution in [1.82, 2.24) is 25.4 Å². The van der Waals surface area contributed by atoms with Crippen molar-refractivity contribution in [3.63, 3.8) is 0 Å². The first-order valence-corrected chi connectivity index (χ1v) is 16.2. The number of hydrogen-bond acceptors (Lipinski definition) is 8. The maximum absolute atomic E-state index is 13.3. The van der Waals surface area contributed by atoms with E-state index in [2.05, 4.69) is 20.8 Å². The lowest BCUT2D eigenvalue weighted by Crippen LogP contribution is -2.35. The number of amides is 2. The van der Waals surface area contributed by atoms with Gasteiger partial charge in [-0.3, -0.25) is 19.1 Å². The van der Waals surface area contributed by atoms with Gasteiger partial charge in [0.25, 0.3) is 5.91 Å². The van der Waals surface area contributed by atoms with E-state index < -0.39 is 13.2 Å². The van der Waals surface area contributed by atoms with Gasteiger partial charge in [-0.05, 0) is 71.5 Å². The summed E-state index contributed by atoms with van der Waals surface area (Å²) in [7, 11) is 0.664. The normalized spacial score (nSPS) is 14.7. The maximum Gasteiger partial charge on any atom is 0.491 e. The van der Waals surface area contributed by atoms with Crippen LogP contribution in [0.5, 0.6) is 5.75 Å². The molecule has 246 valence electrons. The Kier molecular flexibility index (Phi) is 9.00. The summed E-state index contributed by atoms with van der Waals surface area (Å²) >= 11 is 6.20. The molecule has 0 saturated heterocycles. The van der Waals surface area contributed by atoms with E-state index in [4.69, 9.17) is 26.0 Å². The number of nitrogens with zero attached hydrogens (tertiary/aromatic N) is 4. The first-order chi connectivity index (χ1) is 23.8. The number of nitrogens with one attached hydrogen (secondary N) is 2. The highest BCUT2D eigenvalue weighted by molar-refractivity contribution is 6.61. The molecule has 0 unspecified atom stereocenters. The monoisotopic (exact) mass is 674 g/mol. The molecule has 2 amide bonds. The van der Waals surface area contributed by atoms with Crippen molar-refractivity contribution >= 4 is 41.7 Å². The molecule has 3 heterocycles. The zero-order valence-corrected chi connectivity index (χ0v) is 27.6. The first-order valence-electron chi connectivity index (χ1n) is 15.8. The maximum atomic E-state index is 13.3. The number of ether oxygens (including phenoxy) is 1. The topological polar surface area (TPSA) is 140 Å². The van der Waals surface area contributed by atoms with Crippen molar-refractivity contribution in [2.45, 2.75) is 26.0 Å². The molecule has 5 aromatic rings. The largest absolute Gasteiger partial charge is 0.497 e. The molecular weight excluding hydrogens is 643 g/mol. The van der Waals surface area contributed by atoms with Gasteiger partial charge in [0, 0.05) is 34.8 Å². The first kappa shape index (κ1) is 32.3. The van der Waals surface area contributed by atoms with Gasteiger partial charge in [0.2, 0.25) is 5.91 Å². The molecule has 0 saturated carbocycles. The molecule has 11 nitrogen and oxygen atoms in total. The highest BCUT2D eigenvalue weighted by atomic mass is 35.5. The predicted molar refractivity (Wildman–Crippen MR) is 187 cm³/mol. The number of carbonyl (C=O) groups excluding carboxylic acids is 2. The fourth-order valence-electron chi connectivity index (χ4n) is 6.14. The van der Waals surface area contributed by atoms with E-state index in [0.29, 0.717) is 40.3 Å². The number of fused-ring (bicyclic) bond motifs is 4. The second-order valence-corrected chi connectivity index (χ2v) is 12.2. The summed E-state index contributed by atoms with van der Waals surface area (Å²) in [5.41, 5.74) is 7.01. The number of rotatable bonds is 9. The van der Waals surface area contributed by atoms with Gasteiger partial charge in [-0.15, -0.1) is 10.2 Å². The van der Waals surface area contributed by atoms with E-state index in [1.54, 1.807) is 31.4 Å². The Hall–Kier alpha value is -5.30. The Morgan fingerprint density at radius 1 is 0.980 bits per heavy atom. The summed E-state index contributed by atoms with van der Waals surface area (Å²) in [6.45, 7) is 2.68. The van der Waals surface area contributed by atoms with Crippen LogP contribution in [0.1, 0.15) is 51.2 Å². The van der Waals surface area contributed by atoms with E-state index in [1.807, 2.05) is 72.2 Å². The minimum absolute atomic E-state index is 0.0108. The standard InChI is InChI=1S/C36H32BClN6O5/c1-21-42-43-35-31(41-34(22-8-10-27(38)11-9-22)29-18-28(48-2)12-13-32(29)44(21)35)19-33(45)39-14-15-40-36(46)25-5-3-4-23(16-25)24-6-7-26-20-49-37(47)30(26)17-24/h3-13,16-18,31,47H,14-15,19-20H2,1-2H3,(H,39,45)(H,40,46)/t31-/m0/s1. The molecule has 2 aliphatic rings. The van der Waals surface area contributed by atoms with Crippen molar-refractivity contribution in [2.24, 2.45) is 4.99 Å². The van der Waals surface area contributed by atoms with Crippen LogP contribution in [0.2, 0.25) is 5.02 Å². The van der Waals surface area contributed by atoms with E-state index in [1.165, 1.54) is 0 Å². The van der Waals surface area contributed by atoms with Gasteiger partial charge < -0.3 is 25.0 Å². The molecule has 0 aliphatic carbocycles. The molecule has 0 spiro atoms. The number of aliphatic imine (C=N–C) groups is 1. The average molecular weight is 675 g/mol. The Labute approximate surface area is 288 Å². The predicted octanol–water partition coefficient (Wildman–Crippen LogP) is 3.95. The molecule has 49 heavy (non-hydrogen) atoms. The molecule has 0 bridgehead atoms. The molecule has 0 fully saturated rings. The van der Waals surface area contributed by atoms with Crippen LogP contribution in [0.4, 0.5) is 0 Å². The number of aromatic nitrogens is 3. The molecule has 4 aromatic carbocycles. The summed E-state index contributed by atoms with van der Waals surface area (Å²) in [5, 5.41) is 25.2. The molecule has 1 aromatic heterocycles. The lowest BCUT2D eigenvalue weighted by Gasteiger charge is -2.14. The second-order valence-electron chi connectivity index (χ2n) is 11.8. The summed E-state index contributed by atoms with van der Waals surface area (Å²) in [6.07, 6.45) is 0.0108. The van der Waals surface area contributed by atoms with Gasteiger partial charge in [0.15, 0.2) is 5.82 Å². The Morgan fingerprint density at radius 3 is 2.57 bits per heavy atom. The van der Waals surface area contributed by atoms with Crippen LogP contribution < -0.4 is 20.8 Å². The highest BCUT2D eigenvalue weighted by Crippen LogP contribution is 2.34. The minimum atomic E-state index is -0.945. The van der Waals surface area contributed by atoms with Gasteiger partial charge in [-0.1, -0.05) is 54.1 Å². The van der Waals surface area contributed by atoms with Gasteiger partial charge in [-0.2, -0.15) is 0 Å². The van der Waals surface area contributed by atoms with Gasteiger partial charge >= 0.3 is 7.12 Å². The van der Waals surface area contributed by atoms with Crippen molar-refractivity contribution in [3.8, 4) is 22.6 Å². The smallest absolute Gasteiger partial charge is 0.491 e. The fourth-order valence-corrected chi connectivity index (χ4v) is 6.26. The Bertz CT molecular complexity index is 2100. The lowest BCUT2D eigenvalue weighted by atomic mass is 9.78. The highest BCUT2D eigenvalue weighted by Gasteiger charge is 2.30. The molecule has 3 N–H and O–H groups in total. The van der Waals surface area contributed by atoms with E-state index in [9.17, 15) is 14.6 Å². The SMILES string of the molecule is COc1ccc2c(c1)C(c1ccc(Cl)cc1)=N[C@@H](CC(=O)NCCNC(=O)c1cccc(-c3ccc4c(c3)B(O)OC4)c1)c1nnc(C)n1-2. The Morgan fingerprint density at radius 2 is 1.76 bits per heavy atom. The van der Waals surface area contributed by atoms with Crippen molar-refractivity contribution in [1.29, 1.82) is 0 Å². The number of aryl methyl sites for hydroxylation is 1. The van der Waals surface area contributed by atoms with E-state index in [0.717, 1.165) is 39.0 Å². The third kappa shape index (κ3) is 6.58. The molecule has 2 aliphatic heterocycles. The zero-order valence-electron chi connectivity index (χ0n) is 26.8. The van der Waals surface area contributed by atoms with Crippen molar-refractivity contribution in [3.05, 3.63) is 124 Å².